The Balaban J connectivity index is 1.75. The Morgan fingerprint density at radius 3 is 2.40 bits per heavy atom. The smallest absolute Gasteiger partial charge is 0.317 e. The van der Waals surface area contributed by atoms with Gasteiger partial charge in [0.25, 0.3) is 0 Å². The number of amides is 3. The Bertz CT molecular complexity index is 353. The van der Waals surface area contributed by atoms with Gasteiger partial charge in [0.05, 0.1) is 0 Å². The Morgan fingerprint density at radius 2 is 1.75 bits per heavy atom. The molecule has 0 aromatic rings. The van der Waals surface area contributed by atoms with Crippen LogP contribution in [-0.4, -0.2) is 54.5 Å². The van der Waals surface area contributed by atoms with Gasteiger partial charge in [0.1, 0.15) is 0 Å². The highest BCUT2D eigenvalue weighted by atomic mass is 16.2. The van der Waals surface area contributed by atoms with Crippen molar-refractivity contribution in [2.75, 3.05) is 32.7 Å². The highest BCUT2D eigenvalue weighted by molar-refractivity contribution is 5.77. The third kappa shape index (κ3) is 4.69. The van der Waals surface area contributed by atoms with Crippen LogP contribution in [0.3, 0.4) is 0 Å². The van der Waals surface area contributed by atoms with Crippen molar-refractivity contribution >= 4 is 11.9 Å². The minimum absolute atomic E-state index is 0.0371. The number of urea groups is 1. The molecule has 0 aromatic heterocycles. The predicted molar refractivity (Wildman–Crippen MR) is 78.3 cm³/mol. The summed E-state index contributed by atoms with van der Waals surface area (Å²) in [5.41, 5.74) is 0. The molecular formula is C15H27N3O2. The molecule has 1 saturated heterocycles. The van der Waals surface area contributed by atoms with E-state index >= 15 is 0 Å². The zero-order chi connectivity index (χ0) is 14.5. The summed E-state index contributed by atoms with van der Waals surface area (Å²) in [7, 11) is 0. The van der Waals surface area contributed by atoms with Gasteiger partial charge in [-0.1, -0.05) is 13.8 Å². The molecule has 1 N–H and O–H groups in total. The van der Waals surface area contributed by atoms with E-state index in [4.69, 9.17) is 0 Å². The van der Waals surface area contributed by atoms with E-state index in [1.165, 1.54) is 12.8 Å². The first-order valence-corrected chi connectivity index (χ1v) is 7.87. The molecule has 2 aliphatic rings. The van der Waals surface area contributed by atoms with Crippen molar-refractivity contribution in [3.8, 4) is 0 Å². The van der Waals surface area contributed by atoms with E-state index in [9.17, 15) is 9.59 Å². The largest absolute Gasteiger partial charge is 0.341 e. The van der Waals surface area contributed by atoms with Gasteiger partial charge in [-0.2, -0.15) is 0 Å². The topological polar surface area (TPSA) is 52.7 Å². The van der Waals surface area contributed by atoms with Gasteiger partial charge in [-0.15, -0.1) is 0 Å². The fraction of sp³-hybridized carbons (Fsp3) is 0.867. The predicted octanol–water partition coefficient (Wildman–Crippen LogP) is 1.69. The SMILES string of the molecule is CC(C)CC(=O)N1CCCN(C(=O)NCC2CC2)CC1. The average molecular weight is 281 g/mol. The maximum Gasteiger partial charge on any atom is 0.317 e. The van der Waals surface area contributed by atoms with Crippen LogP contribution in [-0.2, 0) is 4.79 Å². The van der Waals surface area contributed by atoms with Crippen LogP contribution in [0.1, 0.15) is 39.5 Å². The lowest BCUT2D eigenvalue weighted by atomic mass is 10.1. The molecule has 114 valence electrons. The molecule has 2 fully saturated rings. The normalized spacial score (nSPS) is 19.9. The fourth-order valence-electron chi connectivity index (χ4n) is 2.51. The summed E-state index contributed by atoms with van der Waals surface area (Å²) >= 11 is 0. The van der Waals surface area contributed by atoms with Crippen LogP contribution in [0.25, 0.3) is 0 Å². The molecule has 3 amide bonds. The second-order valence-electron chi connectivity index (χ2n) is 6.45. The summed E-state index contributed by atoms with van der Waals surface area (Å²) < 4.78 is 0. The Morgan fingerprint density at radius 1 is 1.10 bits per heavy atom. The van der Waals surface area contributed by atoms with Crippen LogP contribution in [0.5, 0.6) is 0 Å². The minimum Gasteiger partial charge on any atom is -0.341 e. The lowest BCUT2D eigenvalue weighted by Crippen LogP contribution is -2.43. The number of rotatable bonds is 4. The molecular weight excluding hydrogens is 254 g/mol. The molecule has 1 saturated carbocycles. The maximum atomic E-state index is 12.1. The minimum atomic E-state index is 0.0371. The van der Waals surface area contributed by atoms with Crippen LogP contribution in [0.15, 0.2) is 0 Å². The van der Waals surface area contributed by atoms with E-state index in [-0.39, 0.29) is 11.9 Å². The van der Waals surface area contributed by atoms with Crippen LogP contribution >= 0.6 is 0 Å². The molecule has 1 heterocycles. The van der Waals surface area contributed by atoms with Crippen molar-refractivity contribution in [1.82, 2.24) is 15.1 Å². The zero-order valence-corrected chi connectivity index (χ0v) is 12.7. The van der Waals surface area contributed by atoms with Crippen molar-refractivity contribution < 1.29 is 9.59 Å². The highest BCUT2D eigenvalue weighted by Crippen LogP contribution is 2.27. The number of nitrogens with one attached hydrogen (secondary N) is 1. The first-order valence-electron chi connectivity index (χ1n) is 7.87. The lowest BCUT2D eigenvalue weighted by molar-refractivity contribution is -0.131. The fourth-order valence-corrected chi connectivity index (χ4v) is 2.51. The average Bonchev–Trinajstić information content (AvgIpc) is 3.21. The molecule has 1 aliphatic heterocycles. The molecule has 0 bridgehead atoms. The second-order valence-corrected chi connectivity index (χ2v) is 6.45. The van der Waals surface area contributed by atoms with E-state index in [1.807, 2.05) is 9.80 Å². The number of hydrogen-bond acceptors (Lipinski definition) is 2. The van der Waals surface area contributed by atoms with Crippen LogP contribution in [0, 0.1) is 11.8 Å². The van der Waals surface area contributed by atoms with E-state index in [2.05, 4.69) is 19.2 Å². The summed E-state index contributed by atoms with van der Waals surface area (Å²) in [5, 5.41) is 3.00. The lowest BCUT2D eigenvalue weighted by Gasteiger charge is -2.23. The molecule has 0 spiro atoms. The summed E-state index contributed by atoms with van der Waals surface area (Å²) in [5.74, 6) is 1.32. The van der Waals surface area contributed by atoms with Crippen molar-refractivity contribution in [1.29, 1.82) is 0 Å². The summed E-state index contributed by atoms with van der Waals surface area (Å²) in [4.78, 5) is 27.9. The van der Waals surface area contributed by atoms with Crippen molar-refractivity contribution in [2.45, 2.75) is 39.5 Å². The monoisotopic (exact) mass is 281 g/mol. The van der Waals surface area contributed by atoms with Crippen LogP contribution in [0.2, 0.25) is 0 Å². The molecule has 0 atom stereocenters. The molecule has 20 heavy (non-hydrogen) atoms. The van der Waals surface area contributed by atoms with Gasteiger partial charge in [0.2, 0.25) is 5.91 Å². The number of hydrogen-bond donors (Lipinski definition) is 1. The summed E-state index contributed by atoms with van der Waals surface area (Å²) in [6.45, 7) is 7.79. The quantitative estimate of drug-likeness (QED) is 0.852. The number of nitrogens with zero attached hydrogens (tertiary/aromatic N) is 2. The molecule has 2 rings (SSSR count). The first kappa shape index (κ1) is 15.1. The van der Waals surface area contributed by atoms with Gasteiger partial charge >= 0.3 is 6.03 Å². The zero-order valence-electron chi connectivity index (χ0n) is 12.7. The molecule has 0 radical (unpaired) electrons. The molecule has 5 nitrogen and oxygen atoms in total. The third-order valence-corrected chi connectivity index (χ3v) is 3.96. The van der Waals surface area contributed by atoms with Gasteiger partial charge in [-0.3, -0.25) is 4.79 Å². The van der Waals surface area contributed by atoms with Gasteiger partial charge in [-0.05, 0) is 31.1 Å². The van der Waals surface area contributed by atoms with E-state index in [1.54, 1.807) is 0 Å². The van der Waals surface area contributed by atoms with Crippen molar-refractivity contribution in [3.05, 3.63) is 0 Å². The van der Waals surface area contributed by atoms with E-state index in [0.29, 0.717) is 31.3 Å². The molecule has 0 unspecified atom stereocenters. The van der Waals surface area contributed by atoms with Gasteiger partial charge in [-0.25, -0.2) is 4.79 Å². The van der Waals surface area contributed by atoms with E-state index in [0.717, 1.165) is 26.1 Å². The van der Waals surface area contributed by atoms with Gasteiger partial charge in [0, 0.05) is 39.1 Å². The van der Waals surface area contributed by atoms with Crippen molar-refractivity contribution in [2.24, 2.45) is 11.8 Å². The molecule has 1 aliphatic carbocycles. The maximum absolute atomic E-state index is 12.1. The third-order valence-electron chi connectivity index (χ3n) is 3.96. The summed E-state index contributed by atoms with van der Waals surface area (Å²) in [6, 6.07) is 0.0371. The van der Waals surface area contributed by atoms with Crippen LogP contribution < -0.4 is 5.32 Å². The number of carbonyl (C=O) groups excluding carboxylic acids is 2. The van der Waals surface area contributed by atoms with Gasteiger partial charge < -0.3 is 15.1 Å². The summed E-state index contributed by atoms with van der Waals surface area (Å²) in [6.07, 6.45) is 3.98. The Hall–Kier alpha value is -1.26. The van der Waals surface area contributed by atoms with Crippen molar-refractivity contribution in [3.63, 3.8) is 0 Å². The first-order chi connectivity index (χ1) is 9.56. The number of carbonyl (C=O) groups is 2. The molecule has 5 heteroatoms. The van der Waals surface area contributed by atoms with Crippen LogP contribution in [0.4, 0.5) is 4.79 Å². The van der Waals surface area contributed by atoms with Gasteiger partial charge in [0.15, 0.2) is 0 Å². The Kier molecular flexibility index (Phi) is 5.26. The molecule has 0 aromatic carbocycles. The Labute approximate surface area is 121 Å². The van der Waals surface area contributed by atoms with E-state index < -0.39 is 0 Å². The second kappa shape index (κ2) is 6.95. The standard InChI is InChI=1S/C15H27N3O2/c1-12(2)10-14(19)17-6-3-7-18(9-8-17)15(20)16-11-13-4-5-13/h12-13H,3-11H2,1-2H3,(H,16,20). The highest BCUT2D eigenvalue weighted by Gasteiger charge is 2.25.